The number of pyridine rings is 1. The van der Waals surface area contributed by atoms with Crippen molar-refractivity contribution in [2.75, 3.05) is 6.61 Å². The highest BCUT2D eigenvalue weighted by molar-refractivity contribution is 5.76. The molecule has 1 aliphatic rings. The monoisotopic (exact) mass is 344 g/mol. The van der Waals surface area contributed by atoms with Crippen LogP contribution in [0.15, 0.2) is 17.1 Å². The van der Waals surface area contributed by atoms with Crippen LogP contribution in [0.5, 0.6) is 5.75 Å². The van der Waals surface area contributed by atoms with Crippen LogP contribution in [-0.4, -0.2) is 73.3 Å². The number of rotatable bonds is 4. The molecular weight excluding hydrogens is 324 g/mol. The second kappa shape index (κ2) is 7.28. The van der Waals surface area contributed by atoms with Gasteiger partial charge in [-0.25, -0.2) is 0 Å². The molecule has 1 amide bonds. The van der Waals surface area contributed by atoms with Crippen molar-refractivity contribution in [3.63, 3.8) is 0 Å². The van der Waals surface area contributed by atoms with Crippen LogP contribution in [0.1, 0.15) is 5.69 Å². The SMILES string of the molecule is Cc1c(O)c(=O)ccn1CC(=O)N[C@H]1C(O)O[C@H](CO)[C@@H](O)[C@@H]1O. The number of aliphatic hydroxyl groups excluding tert-OH is 4. The zero-order valence-electron chi connectivity index (χ0n) is 12.9. The maximum atomic E-state index is 12.1. The van der Waals surface area contributed by atoms with Gasteiger partial charge < -0.3 is 40.2 Å². The summed E-state index contributed by atoms with van der Waals surface area (Å²) in [7, 11) is 0. The molecule has 0 radical (unpaired) electrons. The molecule has 0 bridgehead atoms. The summed E-state index contributed by atoms with van der Waals surface area (Å²) in [5.41, 5.74) is -0.395. The number of nitrogens with one attached hydrogen (secondary N) is 1. The lowest BCUT2D eigenvalue weighted by atomic mass is 9.97. The highest BCUT2D eigenvalue weighted by atomic mass is 16.6. The predicted molar refractivity (Wildman–Crippen MR) is 79.0 cm³/mol. The number of nitrogens with zero attached hydrogens (tertiary/aromatic N) is 1. The van der Waals surface area contributed by atoms with Crippen molar-refractivity contribution in [3.05, 3.63) is 28.2 Å². The van der Waals surface area contributed by atoms with E-state index in [2.05, 4.69) is 5.32 Å². The van der Waals surface area contributed by atoms with E-state index < -0.39 is 54.3 Å². The van der Waals surface area contributed by atoms with Crippen LogP contribution in [0.3, 0.4) is 0 Å². The van der Waals surface area contributed by atoms with E-state index >= 15 is 0 Å². The van der Waals surface area contributed by atoms with Gasteiger partial charge in [0.15, 0.2) is 12.0 Å². The Morgan fingerprint density at radius 3 is 2.62 bits per heavy atom. The van der Waals surface area contributed by atoms with Gasteiger partial charge >= 0.3 is 0 Å². The third-order valence-electron chi connectivity index (χ3n) is 3.95. The van der Waals surface area contributed by atoms with Gasteiger partial charge in [0.25, 0.3) is 0 Å². The summed E-state index contributed by atoms with van der Waals surface area (Å²) in [6.45, 7) is 0.550. The second-order valence-corrected chi connectivity index (χ2v) is 5.56. The van der Waals surface area contributed by atoms with E-state index in [1.807, 2.05) is 0 Å². The smallest absolute Gasteiger partial charge is 0.240 e. The van der Waals surface area contributed by atoms with Crippen LogP contribution in [-0.2, 0) is 16.1 Å². The molecule has 24 heavy (non-hydrogen) atoms. The number of aromatic nitrogens is 1. The minimum Gasteiger partial charge on any atom is -0.503 e. The lowest BCUT2D eigenvalue weighted by molar-refractivity contribution is -0.253. The summed E-state index contributed by atoms with van der Waals surface area (Å²) in [4.78, 5) is 23.4. The van der Waals surface area contributed by atoms with E-state index in [0.29, 0.717) is 0 Å². The lowest BCUT2D eigenvalue weighted by Crippen LogP contribution is -2.64. The molecular formula is C14H20N2O8. The summed E-state index contributed by atoms with van der Waals surface area (Å²) in [5.74, 6) is -1.13. The molecule has 134 valence electrons. The van der Waals surface area contributed by atoms with Crippen LogP contribution in [0, 0.1) is 6.92 Å². The van der Waals surface area contributed by atoms with E-state index in [0.717, 1.165) is 6.07 Å². The van der Waals surface area contributed by atoms with Crippen LogP contribution in [0.2, 0.25) is 0 Å². The Bertz CT molecular complexity index is 661. The van der Waals surface area contributed by atoms with Crippen LogP contribution < -0.4 is 10.7 Å². The molecule has 1 fully saturated rings. The predicted octanol–water partition coefficient (Wildman–Crippen LogP) is -3.22. The summed E-state index contributed by atoms with van der Waals surface area (Å²) >= 11 is 0. The first kappa shape index (κ1) is 18.4. The molecule has 2 heterocycles. The second-order valence-electron chi connectivity index (χ2n) is 5.56. The number of hydrogen-bond acceptors (Lipinski definition) is 8. The van der Waals surface area contributed by atoms with Gasteiger partial charge in [0.1, 0.15) is 30.9 Å². The molecule has 0 aromatic carbocycles. The fourth-order valence-corrected chi connectivity index (χ4v) is 2.47. The van der Waals surface area contributed by atoms with Crippen molar-refractivity contribution in [3.8, 4) is 5.75 Å². The van der Waals surface area contributed by atoms with E-state index in [9.17, 15) is 30.0 Å². The maximum absolute atomic E-state index is 12.1. The van der Waals surface area contributed by atoms with Gasteiger partial charge in [-0.1, -0.05) is 0 Å². The van der Waals surface area contributed by atoms with Gasteiger partial charge in [0, 0.05) is 12.3 Å². The topological polar surface area (TPSA) is 161 Å². The molecule has 0 saturated carbocycles. The first-order chi connectivity index (χ1) is 11.3. The van der Waals surface area contributed by atoms with Crippen LogP contribution in [0.25, 0.3) is 0 Å². The number of aromatic hydroxyl groups is 1. The fourth-order valence-electron chi connectivity index (χ4n) is 2.47. The highest BCUT2D eigenvalue weighted by Crippen LogP contribution is 2.19. The molecule has 1 unspecified atom stereocenters. The molecule has 1 aliphatic heterocycles. The quantitative estimate of drug-likeness (QED) is 0.332. The molecule has 0 spiro atoms. The van der Waals surface area contributed by atoms with Crippen molar-refractivity contribution in [2.45, 2.75) is 44.1 Å². The van der Waals surface area contributed by atoms with E-state index in [-0.39, 0.29) is 12.2 Å². The largest absolute Gasteiger partial charge is 0.503 e. The summed E-state index contributed by atoms with van der Waals surface area (Å²) in [6.07, 6.45) is -4.49. The zero-order chi connectivity index (χ0) is 18.0. The van der Waals surface area contributed by atoms with Gasteiger partial charge in [-0.05, 0) is 6.92 Å². The average Bonchev–Trinajstić information content (AvgIpc) is 2.55. The normalized spacial score (nSPS) is 30.1. The summed E-state index contributed by atoms with van der Waals surface area (Å²) in [5, 5.41) is 50.4. The maximum Gasteiger partial charge on any atom is 0.240 e. The molecule has 6 N–H and O–H groups in total. The molecule has 5 atom stereocenters. The van der Waals surface area contributed by atoms with Crippen molar-refractivity contribution in [1.29, 1.82) is 0 Å². The number of carbonyl (C=O) groups excluding carboxylic acids is 1. The minimum absolute atomic E-state index is 0.180. The van der Waals surface area contributed by atoms with Crippen molar-refractivity contribution in [2.24, 2.45) is 0 Å². The average molecular weight is 344 g/mol. The molecule has 1 aromatic heterocycles. The first-order valence-corrected chi connectivity index (χ1v) is 7.25. The number of carbonyl (C=O) groups is 1. The van der Waals surface area contributed by atoms with Crippen LogP contribution in [0.4, 0.5) is 0 Å². The number of ether oxygens (including phenoxy) is 1. The van der Waals surface area contributed by atoms with Crippen molar-refractivity contribution < 1.29 is 35.1 Å². The molecule has 10 heteroatoms. The van der Waals surface area contributed by atoms with Gasteiger partial charge in [-0.3, -0.25) is 9.59 Å². The van der Waals surface area contributed by atoms with Gasteiger partial charge in [0.05, 0.1) is 12.3 Å². The fraction of sp³-hybridized carbons (Fsp3) is 0.571. The standard InChI is InChI=1S/C14H20N2O8/c1-6-11(20)7(18)2-3-16(6)4-9(19)15-10-13(22)12(21)8(5-17)24-14(10)23/h2-3,8,10,12-14,17,20-23H,4-5H2,1H3,(H,15,19)/t8-,10-,12-,13-,14?/m1/s1. The summed E-state index contributed by atoms with van der Waals surface area (Å²) < 4.78 is 6.24. The van der Waals surface area contributed by atoms with Gasteiger partial charge in [-0.15, -0.1) is 0 Å². The van der Waals surface area contributed by atoms with Gasteiger partial charge in [0.2, 0.25) is 11.3 Å². The van der Waals surface area contributed by atoms with Crippen molar-refractivity contribution in [1.82, 2.24) is 9.88 Å². The van der Waals surface area contributed by atoms with E-state index in [1.54, 1.807) is 0 Å². The Kier molecular flexibility index (Phi) is 5.57. The van der Waals surface area contributed by atoms with E-state index in [4.69, 9.17) is 9.84 Å². The third-order valence-corrected chi connectivity index (χ3v) is 3.95. The lowest BCUT2D eigenvalue weighted by Gasteiger charge is -2.40. The molecule has 2 rings (SSSR count). The highest BCUT2D eigenvalue weighted by Gasteiger charge is 2.44. The first-order valence-electron chi connectivity index (χ1n) is 7.25. The Morgan fingerprint density at radius 2 is 2.00 bits per heavy atom. The number of hydrogen-bond donors (Lipinski definition) is 6. The minimum atomic E-state index is -1.62. The Hall–Kier alpha value is -1.98. The molecule has 1 saturated heterocycles. The number of aliphatic hydroxyl groups is 4. The summed E-state index contributed by atoms with van der Waals surface area (Å²) in [6, 6.07) is -0.206. The van der Waals surface area contributed by atoms with Gasteiger partial charge in [-0.2, -0.15) is 0 Å². The zero-order valence-corrected chi connectivity index (χ0v) is 12.9. The van der Waals surface area contributed by atoms with Crippen LogP contribution >= 0.6 is 0 Å². The molecule has 1 aromatic rings. The molecule has 10 nitrogen and oxygen atoms in total. The molecule has 0 aliphatic carbocycles. The third kappa shape index (κ3) is 3.57. The Morgan fingerprint density at radius 1 is 1.33 bits per heavy atom. The van der Waals surface area contributed by atoms with E-state index in [1.165, 1.54) is 17.7 Å². The van der Waals surface area contributed by atoms with Crippen molar-refractivity contribution >= 4 is 5.91 Å². The Labute approximate surface area is 136 Å². The number of amides is 1. The Balaban J connectivity index is 2.07.